The Hall–Kier alpha value is -2.69. The van der Waals surface area contributed by atoms with E-state index in [-0.39, 0.29) is 36.9 Å². The van der Waals surface area contributed by atoms with E-state index in [9.17, 15) is 14.4 Å². The van der Waals surface area contributed by atoms with Gasteiger partial charge in [-0.15, -0.1) is 0 Å². The first kappa shape index (κ1) is 16.2. The van der Waals surface area contributed by atoms with Crippen LogP contribution in [0, 0.1) is 0 Å². The third-order valence-electron chi connectivity index (χ3n) is 3.99. The Morgan fingerprint density at radius 3 is 2.17 bits per heavy atom. The highest BCUT2D eigenvalue weighted by Gasteiger charge is 2.32. The largest absolute Gasteiger partial charge is 0.463 e. The fourth-order valence-corrected chi connectivity index (χ4v) is 2.99. The summed E-state index contributed by atoms with van der Waals surface area (Å²) in [6.45, 7) is 3.77. The molecule has 3 rings (SSSR count). The molecule has 0 fully saturated rings. The summed E-state index contributed by atoms with van der Waals surface area (Å²) in [6.07, 6.45) is 0.405. The number of rotatable bonds is 5. The van der Waals surface area contributed by atoms with E-state index in [1.54, 1.807) is 26.0 Å². The Kier molecular flexibility index (Phi) is 4.34. The van der Waals surface area contributed by atoms with Crippen molar-refractivity contribution in [2.45, 2.75) is 32.8 Å². The summed E-state index contributed by atoms with van der Waals surface area (Å²) in [5.74, 6) is -0.924. The maximum atomic E-state index is 12.7. The molecule has 2 aromatic rings. The molecule has 5 nitrogen and oxygen atoms in total. The fourth-order valence-electron chi connectivity index (χ4n) is 2.99. The number of hydrogen-bond acceptors (Lipinski definition) is 4. The molecule has 0 atom stereocenters. The number of imide groups is 1. The number of carbonyl (C=O) groups is 3. The van der Waals surface area contributed by atoms with Gasteiger partial charge in [0.25, 0.3) is 11.8 Å². The van der Waals surface area contributed by atoms with Crippen molar-refractivity contribution >= 4 is 28.6 Å². The van der Waals surface area contributed by atoms with E-state index in [4.69, 9.17) is 4.74 Å². The highest BCUT2D eigenvalue weighted by Crippen LogP contribution is 2.30. The Morgan fingerprint density at radius 1 is 1.04 bits per heavy atom. The van der Waals surface area contributed by atoms with Crippen LogP contribution in [0.5, 0.6) is 0 Å². The summed E-state index contributed by atoms with van der Waals surface area (Å²) < 4.78 is 5.07. The number of esters is 1. The number of benzene rings is 2. The first-order valence-corrected chi connectivity index (χ1v) is 8.06. The van der Waals surface area contributed by atoms with Crippen molar-refractivity contribution in [2.24, 2.45) is 0 Å². The van der Waals surface area contributed by atoms with Gasteiger partial charge in [0.15, 0.2) is 0 Å². The molecule has 0 aliphatic carbocycles. The van der Waals surface area contributed by atoms with Gasteiger partial charge in [0, 0.05) is 29.5 Å². The van der Waals surface area contributed by atoms with Crippen LogP contribution in [0.25, 0.3) is 10.8 Å². The van der Waals surface area contributed by atoms with Gasteiger partial charge in [-0.1, -0.05) is 24.3 Å². The molecule has 1 aliphatic heterocycles. The molecular formula is C19H19NO4. The molecule has 5 heteroatoms. The summed E-state index contributed by atoms with van der Waals surface area (Å²) in [4.78, 5) is 38.1. The maximum absolute atomic E-state index is 12.7. The van der Waals surface area contributed by atoms with Crippen molar-refractivity contribution in [1.29, 1.82) is 0 Å². The lowest BCUT2D eigenvalue weighted by atomic mass is 9.94. The number of nitrogens with zero attached hydrogens (tertiary/aromatic N) is 1. The zero-order chi connectivity index (χ0) is 17.3. The number of carbonyl (C=O) groups excluding carboxylic acids is 3. The minimum atomic E-state index is -0.315. The van der Waals surface area contributed by atoms with Gasteiger partial charge < -0.3 is 4.74 Å². The molecule has 1 heterocycles. The monoisotopic (exact) mass is 325 g/mol. The molecule has 2 amide bonds. The highest BCUT2D eigenvalue weighted by molar-refractivity contribution is 6.25. The van der Waals surface area contributed by atoms with E-state index in [1.807, 2.05) is 24.3 Å². The lowest BCUT2D eigenvalue weighted by Crippen LogP contribution is -2.41. The summed E-state index contributed by atoms with van der Waals surface area (Å²) in [5.41, 5.74) is 1.07. The second-order valence-corrected chi connectivity index (χ2v) is 6.11. The first-order chi connectivity index (χ1) is 11.5. The standard InChI is InChI=1S/C19H19NO4/c1-12(2)24-16(21)10-5-11-20-18(22)14-8-3-6-13-7-4-9-15(17(13)14)19(20)23/h3-4,6-9,12H,5,10-11H2,1-2H3. The Morgan fingerprint density at radius 2 is 1.62 bits per heavy atom. The predicted octanol–water partition coefficient (Wildman–Crippen LogP) is 3.17. The SMILES string of the molecule is CC(C)OC(=O)CCCN1C(=O)c2cccc3cccc(c23)C1=O. The average molecular weight is 325 g/mol. The Labute approximate surface area is 140 Å². The average Bonchev–Trinajstić information content (AvgIpc) is 2.55. The lowest BCUT2D eigenvalue weighted by molar-refractivity contribution is -0.147. The van der Waals surface area contributed by atoms with E-state index >= 15 is 0 Å². The van der Waals surface area contributed by atoms with Crippen LogP contribution < -0.4 is 0 Å². The predicted molar refractivity (Wildman–Crippen MR) is 89.8 cm³/mol. The van der Waals surface area contributed by atoms with Crippen LogP contribution in [0.3, 0.4) is 0 Å². The first-order valence-electron chi connectivity index (χ1n) is 8.06. The number of ether oxygens (including phenoxy) is 1. The van der Waals surface area contributed by atoms with E-state index < -0.39 is 0 Å². The summed E-state index contributed by atoms with van der Waals surface area (Å²) in [6, 6.07) is 10.9. The van der Waals surface area contributed by atoms with E-state index in [2.05, 4.69) is 0 Å². The fraction of sp³-hybridized carbons (Fsp3) is 0.316. The Balaban J connectivity index is 1.79. The third kappa shape index (κ3) is 2.89. The topological polar surface area (TPSA) is 63.7 Å². The van der Waals surface area contributed by atoms with Crippen molar-refractivity contribution in [3.63, 3.8) is 0 Å². The van der Waals surface area contributed by atoms with Crippen LogP contribution in [-0.2, 0) is 9.53 Å². The zero-order valence-electron chi connectivity index (χ0n) is 13.7. The van der Waals surface area contributed by atoms with Crippen LogP contribution in [0.1, 0.15) is 47.4 Å². The molecule has 24 heavy (non-hydrogen) atoms. The van der Waals surface area contributed by atoms with Gasteiger partial charge in [-0.2, -0.15) is 0 Å². The molecule has 0 aromatic heterocycles. The van der Waals surface area contributed by atoms with Gasteiger partial charge >= 0.3 is 5.97 Å². The molecule has 0 radical (unpaired) electrons. The summed E-state index contributed by atoms with van der Waals surface area (Å²) in [7, 11) is 0. The molecule has 1 aliphatic rings. The molecule has 0 N–H and O–H groups in total. The van der Waals surface area contributed by atoms with Crippen molar-refractivity contribution in [1.82, 2.24) is 4.90 Å². The number of hydrogen-bond donors (Lipinski definition) is 0. The van der Waals surface area contributed by atoms with E-state index in [0.717, 1.165) is 5.39 Å². The van der Waals surface area contributed by atoms with Gasteiger partial charge in [0.2, 0.25) is 0 Å². The van der Waals surface area contributed by atoms with Crippen LogP contribution >= 0.6 is 0 Å². The van der Waals surface area contributed by atoms with Gasteiger partial charge in [-0.05, 0) is 37.8 Å². The lowest BCUT2D eigenvalue weighted by Gasteiger charge is -2.27. The molecule has 0 saturated heterocycles. The minimum absolute atomic E-state index is 0.166. The molecule has 0 bridgehead atoms. The van der Waals surface area contributed by atoms with Crippen molar-refractivity contribution < 1.29 is 19.1 Å². The second kappa shape index (κ2) is 6.43. The zero-order valence-corrected chi connectivity index (χ0v) is 13.7. The molecular weight excluding hydrogens is 306 g/mol. The quantitative estimate of drug-likeness (QED) is 0.626. The van der Waals surface area contributed by atoms with E-state index in [1.165, 1.54) is 4.90 Å². The van der Waals surface area contributed by atoms with Gasteiger partial charge in [-0.25, -0.2) is 0 Å². The Bertz CT molecular complexity index is 774. The normalized spacial score (nSPS) is 13.7. The van der Waals surface area contributed by atoms with Gasteiger partial charge in [-0.3, -0.25) is 19.3 Å². The number of amides is 2. The van der Waals surface area contributed by atoms with Crippen molar-refractivity contribution in [3.8, 4) is 0 Å². The van der Waals surface area contributed by atoms with E-state index in [0.29, 0.717) is 22.9 Å². The highest BCUT2D eigenvalue weighted by atomic mass is 16.5. The van der Waals surface area contributed by atoms with Crippen LogP contribution in [0.15, 0.2) is 36.4 Å². The second-order valence-electron chi connectivity index (χ2n) is 6.11. The summed E-state index contributed by atoms with van der Waals surface area (Å²) in [5, 5.41) is 1.59. The molecule has 124 valence electrons. The molecule has 0 unspecified atom stereocenters. The van der Waals surface area contributed by atoms with Crippen LogP contribution in [-0.4, -0.2) is 35.3 Å². The smallest absolute Gasteiger partial charge is 0.306 e. The van der Waals surface area contributed by atoms with Crippen molar-refractivity contribution in [2.75, 3.05) is 6.54 Å². The van der Waals surface area contributed by atoms with Crippen LogP contribution in [0.2, 0.25) is 0 Å². The van der Waals surface area contributed by atoms with Gasteiger partial charge in [0.1, 0.15) is 0 Å². The minimum Gasteiger partial charge on any atom is -0.463 e. The summed E-state index contributed by atoms with van der Waals surface area (Å²) >= 11 is 0. The third-order valence-corrected chi connectivity index (χ3v) is 3.99. The maximum Gasteiger partial charge on any atom is 0.306 e. The molecule has 2 aromatic carbocycles. The van der Waals surface area contributed by atoms with Crippen molar-refractivity contribution in [3.05, 3.63) is 47.5 Å². The molecule has 0 spiro atoms. The van der Waals surface area contributed by atoms with Crippen LogP contribution in [0.4, 0.5) is 0 Å². The molecule has 0 saturated carbocycles. The van der Waals surface area contributed by atoms with Gasteiger partial charge in [0.05, 0.1) is 6.10 Å².